The van der Waals surface area contributed by atoms with Gasteiger partial charge in [0.2, 0.25) is 0 Å². The number of rotatable bonds is 7. The molecule has 5 atom stereocenters. The van der Waals surface area contributed by atoms with E-state index in [1.54, 1.807) is 0 Å². The highest BCUT2D eigenvalue weighted by Crippen LogP contribution is 2.50. The van der Waals surface area contributed by atoms with Crippen molar-refractivity contribution >= 4 is 11.9 Å². The third-order valence-corrected chi connectivity index (χ3v) is 4.03. The topological polar surface area (TPSA) is 104 Å². The number of aliphatic hydroxyl groups excluding tert-OH is 1. The van der Waals surface area contributed by atoms with Gasteiger partial charge in [-0.1, -0.05) is 12.2 Å². The summed E-state index contributed by atoms with van der Waals surface area (Å²) in [6, 6.07) is 0. The average Bonchev–Trinajstić information content (AvgIpc) is 2.93. The lowest BCUT2D eigenvalue weighted by Gasteiger charge is -2.31. The number of carbonyl (C=O) groups is 2. The fourth-order valence-corrected chi connectivity index (χ4v) is 3.40. The highest BCUT2D eigenvalue weighted by Gasteiger charge is 2.51. The van der Waals surface area contributed by atoms with Crippen LogP contribution in [0.3, 0.4) is 0 Å². The van der Waals surface area contributed by atoms with Gasteiger partial charge < -0.3 is 20.1 Å². The second-order valence-electron chi connectivity index (χ2n) is 5.12. The summed E-state index contributed by atoms with van der Waals surface area (Å²) >= 11 is 0. The van der Waals surface area contributed by atoms with Crippen LogP contribution in [-0.2, 0) is 14.3 Å². The first-order valence-electron chi connectivity index (χ1n) is 6.40. The average molecular weight is 270 g/mol. The first kappa shape index (κ1) is 14.0. The summed E-state index contributed by atoms with van der Waals surface area (Å²) in [5.74, 6) is -2.78. The van der Waals surface area contributed by atoms with Crippen LogP contribution in [0.2, 0.25) is 0 Å². The zero-order valence-electron chi connectivity index (χ0n) is 10.4. The molecule has 0 aliphatic heterocycles. The minimum Gasteiger partial charge on any atom is -0.481 e. The summed E-state index contributed by atoms with van der Waals surface area (Å²) in [4.78, 5) is 22.3. The molecule has 0 spiro atoms. The Morgan fingerprint density at radius 1 is 1.26 bits per heavy atom. The quantitative estimate of drug-likeness (QED) is 0.577. The van der Waals surface area contributed by atoms with Gasteiger partial charge in [-0.05, 0) is 18.3 Å². The monoisotopic (exact) mass is 270 g/mol. The molecule has 2 bridgehead atoms. The third-order valence-electron chi connectivity index (χ3n) is 4.03. The Bertz CT molecular complexity index is 391. The van der Waals surface area contributed by atoms with Crippen molar-refractivity contribution in [1.29, 1.82) is 0 Å². The van der Waals surface area contributed by atoms with Crippen molar-refractivity contribution in [1.82, 2.24) is 0 Å². The van der Waals surface area contributed by atoms with Gasteiger partial charge in [-0.15, -0.1) is 0 Å². The van der Waals surface area contributed by atoms with Crippen LogP contribution in [0.4, 0.5) is 0 Å². The Morgan fingerprint density at radius 2 is 1.95 bits per heavy atom. The fourth-order valence-electron chi connectivity index (χ4n) is 3.40. The van der Waals surface area contributed by atoms with Crippen LogP contribution in [-0.4, -0.2) is 46.6 Å². The molecule has 6 heteroatoms. The van der Waals surface area contributed by atoms with Crippen LogP contribution in [0.5, 0.6) is 0 Å². The van der Waals surface area contributed by atoms with Crippen LogP contribution in [0.1, 0.15) is 12.8 Å². The molecule has 0 saturated heterocycles. The van der Waals surface area contributed by atoms with Crippen molar-refractivity contribution in [2.45, 2.75) is 18.9 Å². The number of carboxylic acids is 2. The summed E-state index contributed by atoms with van der Waals surface area (Å²) in [6.07, 6.45) is 3.73. The van der Waals surface area contributed by atoms with E-state index in [1.807, 2.05) is 12.2 Å². The van der Waals surface area contributed by atoms with Crippen molar-refractivity contribution in [3.8, 4) is 0 Å². The maximum absolute atomic E-state index is 11.4. The Morgan fingerprint density at radius 3 is 2.53 bits per heavy atom. The molecule has 0 radical (unpaired) electrons. The molecule has 0 aromatic heterocycles. The van der Waals surface area contributed by atoms with Crippen molar-refractivity contribution in [2.75, 3.05) is 13.2 Å². The van der Waals surface area contributed by atoms with Crippen LogP contribution in [0, 0.1) is 23.7 Å². The van der Waals surface area contributed by atoms with Crippen LogP contribution in [0.25, 0.3) is 0 Å². The van der Waals surface area contributed by atoms with Crippen molar-refractivity contribution in [3.05, 3.63) is 12.2 Å². The number of hydrogen-bond acceptors (Lipinski definition) is 4. The molecule has 106 valence electrons. The largest absolute Gasteiger partial charge is 0.481 e. The smallest absolute Gasteiger partial charge is 0.307 e. The Hall–Kier alpha value is -1.40. The summed E-state index contributed by atoms with van der Waals surface area (Å²) in [7, 11) is 0. The normalized spacial score (nSPS) is 33.5. The van der Waals surface area contributed by atoms with E-state index in [4.69, 9.17) is 14.9 Å². The molecule has 3 N–H and O–H groups in total. The number of ether oxygens (including phenoxy) is 1. The predicted octanol–water partition coefficient (Wildman–Crippen LogP) is 0.361. The van der Waals surface area contributed by atoms with E-state index in [-0.39, 0.29) is 37.4 Å². The van der Waals surface area contributed by atoms with Gasteiger partial charge in [-0.3, -0.25) is 9.59 Å². The number of carboxylic acid groups (broad SMARTS) is 2. The molecule has 19 heavy (non-hydrogen) atoms. The lowest BCUT2D eigenvalue weighted by Crippen LogP contribution is -2.39. The minimum absolute atomic E-state index is 0.0264. The molecule has 0 amide bonds. The third kappa shape index (κ3) is 2.79. The van der Waals surface area contributed by atoms with Crippen molar-refractivity contribution < 1.29 is 29.6 Å². The van der Waals surface area contributed by atoms with Gasteiger partial charge in [-0.25, -0.2) is 0 Å². The van der Waals surface area contributed by atoms with Gasteiger partial charge in [0.1, 0.15) is 0 Å². The summed E-state index contributed by atoms with van der Waals surface area (Å²) < 4.78 is 5.39. The number of hydrogen-bond donors (Lipinski definition) is 3. The van der Waals surface area contributed by atoms with Gasteiger partial charge in [0.25, 0.3) is 0 Å². The molecule has 1 fully saturated rings. The number of fused-ring (bicyclic) bond motifs is 2. The van der Waals surface area contributed by atoms with E-state index in [2.05, 4.69) is 0 Å². The van der Waals surface area contributed by atoms with E-state index < -0.39 is 24.0 Å². The lowest BCUT2D eigenvalue weighted by atomic mass is 9.78. The number of aliphatic hydroxyl groups is 1. The SMILES string of the molecule is O=C(O)CC(OCCO)C1C2C=CC(C2)C1C(=O)O. The number of allylic oxidation sites excluding steroid dienone is 2. The number of aliphatic carboxylic acids is 2. The van der Waals surface area contributed by atoms with Gasteiger partial charge in [0, 0.05) is 5.92 Å². The molecule has 1 saturated carbocycles. The zero-order valence-corrected chi connectivity index (χ0v) is 10.4. The molecule has 0 aromatic carbocycles. The summed E-state index contributed by atoms with van der Waals surface area (Å²) in [6.45, 7) is -0.174. The zero-order chi connectivity index (χ0) is 14.0. The maximum Gasteiger partial charge on any atom is 0.307 e. The highest BCUT2D eigenvalue weighted by molar-refractivity contribution is 5.73. The summed E-state index contributed by atoms with van der Waals surface area (Å²) in [5, 5.41) is 27.1. The van der Waals surface area contributed by atoms with Crippen molar-refractivity contribution in [2.24, 2.45) is 23.7 Å². The minimum atomic E-state index is -1.01. The van der Waals surface area contributed by atoms with Gasteiger partial charge >= 0.3 is 11.9 Å². The Labute approximate surface area is 110 Å². The van der Waals surface area contributed by atoms with E-state index >= 15 is 0 Å². The summed E-state index contributed by atoms with van der Waals surface area (Å²) in [5.41, 5.74) is 0. The van der Waals surface area contributed by atoms with Gasteiger partial charge in [-0.2, -0.15) is 0 Å². The maximum atomic E-state index is 11.4. The predicted molar refractivity (Wildman–Crippen MR) is 64.4 cm³/mol. The molecular weight excluding hydrogens is 252 g/mol. The first-order chi connectivity index (χ1) is 9.04. The molecule has 0 aromatic rings. The Balaban J connectivity index is 2.16. The molecule has 6 nitrogen and oxygen atoms in total. The van der Waals surface area contributed by atoms with Crippen LogP contribution in [0.15, 0.2) is 12.2 Å². The standard InChI is InChI=1S/C13H18O6/c14-3-4-19-9(6-10(15)16)11-7-1-2-8(5-7)12(11)13(17)18/h1-2,7-9,11-12,14H,3-6H2,(H,15,16)(H,17,18). The molecule has 2 rings (SSSR count). The van der Waals surface area contributed by atoms with Crippen LogP contribution < -0.4 is 0 Å². The van der Waals surface area contributed by atoms with Gasteiger partial charge in [0.15, 0.2) is 0 Å². The van der Waals surface area contributed by atoms with Crippen molar-refractivity contribution in [3.63, 3.8) is 0 Å². The second-order valence-corrected chi connectivity index (χ2v) is 5.12. The molecular formula is C13H18O6. The second kappa shape index (κ2) is 5.71. The first-order valence-corrected chi connectivity index (χ1v) is 6.40. The molecule has 2 aliphatic carbocycles. The van der Waals surface area contributed by atoms with E-state index in [1.165, 1.54) is 0 Å². The molecule has 2 aliphatic rings. The van der Waals surface area contributed by atoms with E-state index in [0.717, 1.165) is 6.42 Å². The molecule has 5 unspecified atom stereocenters. The highest BCUT2D eigenvalue weighted by atomic mass is 16.5. The Kier molecular flexibility index (Phi) is 4.21. The van der Waals surface area contributed by atoms with E-state index in [9.17, 15) is 14.7 Å². The lowest BCUT2D eigenvalue weighted by molar-refractivity contribution is -0.151. The molecule has 0 heterocycles. The van der Waals surface area contributed by atoms with Gasteiger partial charge in [0.05, 0.1) is 31.7 Å². The van der Waals surface area contributed by atoms with Crippen LogP contribution >= 0.6 is 0 Å². The fraction of sp³-hybridized carbons (Fsp3) is 0.692. The van der Waals surface area contributed by atoms with E-state index in [0.29, 0.717) is 0 Å².